The first-order valence-corrected chi connectivity index (χ1v) is 7.51. The van der Waals surface area contributed by atoms with Crippen molar-refractivity contribution in [3.8, 4) is 11.5 Å². The predicted molar refractivity (Wildman–Crippen MR) is 88.5 cm³/mol. The van der Waals surface area contributed by atoms with Crippen molar-refractivity contribution < 1.29 is 9.21 Å². The summed E-state index contributed by atoms with van der Waals surface area (Å²) >= 11 is 11.6. The average molecular weight is 335 g/mol. The van der Waals surface area contributed by atoms with Gasteiger partial charge in [-0.2, -0.15) is 0 Å². The Morgan fingerprint density at radius 1 is 1.27 bits per heavy atom. The summed E-state index contributed by atoms with van der Waals surface area (Å²) in [7, 11) is 0. The molecule has 0 aliphatic heterocycles. The van der Waals surface area contributed by atoms with Gasteiger partial charge in [0.05, 0.1) is 0 Å². The fraction of sp³-hybridized carbons (Fsp3) is 0.125. The summed E-state index contributed by atoms with van der Waals surface area (Å²) in [6, 6.07) is 10.9. The molecule has 0 aliphatic carbocycles. The maximum atomic E-state index is 11.3. The molecule has 0 unspecified atom stereocenters. The molecule has 3 rings (SSSR count). The number of halogens is 2. The first kappa shape index (κ1) is 14.9. The molecular formula is C16H12Cl2N2O2. The second-order valence-electron chi connectivity index (χ2n) is 4.85. The summed E-state index contributed by atoms with van der Waals surface area (Å²) < 4.78 is 5.73. The van der Waals surface area contributed by atoms with Gasteiger partial charge in [0.2, 0.25) is 11.8 Å². The third-order valence-corrected chi connectivity index (χ3v) is 3.86. The van der Waals surface area contributed by atoms with E-state index in [9.17, 15) is 4.79 Å². The number of rotatable bonds is 3. The van der Waals surface area contributed by atoms with E-state index in [0.29, 0.717) is 27.7 Å². The normalized spacial score (nSPS) is 10.9. The Morgan fingerprint density at radius 3 is 2.82 bits per heavy atom. The molecule has 2 aromatic carbocycles. The van der Waals surface area contributed by atoms with E-state index in [1.165, 1.54) is 0 Å². The lowest BCUT2D eigenvalue weighted by Gasteiger charge is -2.01. The van der Waals surface area contributed by atoms with Crippen molar-refractivity contribution in [2.24, 2.45) is 0 Å². The predicted octanol–water partition coefficient (Wildman–Crippen LogP) is 4.63. The molecule has 0 fully saturated rings. The lowest BCUT2D eigenvalue weighted by Crippen LogP contribution is -2.12. The Bertz CT molecular complexity index is 858. The van der Waals surface area contributed by atoms with Gasteiger partial charge in [0.1, 0.15) is 11.4 Å². The number of carbonyl (C=O) groups is 1. The number of oxazole rings is 1. The Kier molecular flexibility index (Phi) is 4.05. The van der Waals surface area contributed by atoms with Crippen molar-refractivity contribution >= 4 is 45.9 Å². The quantitative estimate of drug-likeness (QED) is 0.710. The zero-order chi connectivity index (χ0) is 15.7. The molecule has 3 aromatic rings. The van der Waals surface area contributed by atoms with Gasteiger partial charge in [0.15, 0.2) is 5.58 Å². The molecule has 0 aliphatic rings. The summed E-state index contributed by atoms with van der Waals surface area (Å²) in [6.45, 7) is 1.93. The second kappa shape index (κ2) is 5.99. The summed E-state index contributed by atoms with van der Waals surface area (Å²) in [5.74, 6) is 0.122. The summed E-state index contributed by atoms with van der Waals surface area (Å²) in [5.41, 5.74) is 3.71. The third kappa shape index (κ3) is 2.93. The molecule has 1 amide bonds. The van der Waals surface area contributed by atoms with Crippen LogP contribution < -0.4 is 5.32 Å². The molecule has 0 radical (unpaired) electrons. The van der Waals surface area contributed by atoms with Crippen LogP contribution in [0.5, 0.6) is 0 Å². The fourth-order valence-electron chi connectivity index (χ4n) is 2.05. The first-order valence-electron chi connectivity index (χ1n) is 6.60. The molecule has 4 nitrogen and oxygen atoms in total. The molecule has 6 heteroatoms. The van der Waals surface area contributed by atoms with E-state index in [-0.39, 0.29) is 11.8 Å². The monoisotopic (exact) mass is 334 g/mol. The van der Waals surface area contributed by atoms with Crippen LogP contribution in [0, 0.1) is 6.92 Å². The molecule has 22 heavy (non-hydrogen) atoms. The molecule has 1 aromatic heterocycles. The number of amides is 1. The minimum Gasteiger partial charge on any atom is -0.436 e. The van der Waals surface area contributed by atoms with Gasteiger partial charge in [-0.25, -0.2) is 4.98 Å². The molecule has 0 saturated carbocycles. The van der Waals surface area contributed by atoms with Crippen molar-refractivity contribution in [3.63, 3.8) is 0 Å². The van der Waals surface area contributed by atoms with E-state index >= 15 is 0 Å². The van der Waals surface area contributed by atoms with E-state index in [1.54, 1.807) is 18.2 Å². The highest BCUT2D eigenvalue weighted by Crippen LogP contribution is 2.28. The van der Waals surface area contributed by atoms with Gasteiger partial charge in [-0.15, -0.1) is 11.6 Å². The molecule has 0 saturated heterocycles. The van der Waals surface area contributed by atoms with E-state index in [1.807, 2.05) is 25.1 Å². The Balaban J connectivity index is 1.98. The molecule has 1 heterocycles. The highest BCUT2D eigenvalue weighted by atomic mass is 35.5. The molecule has 0 bridgehead atoms. The van der Waals surface area contributed by atoms with Crippen LogP contribution in [0.3, 0.4) is 0 Å². The number of carbonyl (C=O) groups excluding carboxylic acids is 1. The topological polar surface area (TPSA) is 55.1 Å². The SMILES string of the molecule is Cc1ccc(-c2nc3cc(NC(=O)CCl)ccc3o2)cc1Cl. The maximum Gasteiger partial charge on any atom is 0.239 e. The van der Waals surface area contributed by atoms with Crippen molar-refractivity contribution in [2.75, 3.05) is 11.2 Å². The molecule has 0 atom stereocenters. The number of aromatic nitrogens is 1. The smallest absolute Gasteiger partial charge is 0.239 e. The third-order valence-electron chi connectivity index (χ3n) is 3.21. The second-order valence-corrected chi connectivity index (χ2v) is 5.52. The van der Waals surface area contributed by atoms with Crippen LogP contribution in [0.2, 0.25) is 5.02 Å². The minimum atomic E-state index is -0.268. The molecular weight excluding hydrogens is 323 g/mol. The fourth-order valence-corrected chi connectivity index (χ4v) is 2.30. The van der Waals surface area contributed by atoms with Gasteiger partial charge in [-0.3, -0.25) is 4.79 Å². The first-order chi connectivity index (χ1) is 10.6. The standard InChI is InChI=1S/C16H12Cl2N2O2/c1-9-2-3-10(6-12(9)18)16-20-13-7-11(19-15(21)8-17)4-5-14(13)22-16/h2-7H,8H2,1H3,(H,19,21). The van der Waals surface area contributed by atoms with Gasteiger partial charge >= 0.3 is 0 Å². The summed E-state index contributed by atoms with van der Waals surface area (Å²) in [6.07, 6.45) is 0. The van der Waals surface area contributed by atoms with Crippen LogP contribution in [0.15, 0.2) is 40.8 Å². The van der Waals surface area contributed by atoms with Gasteiger partial charge < -0.3 is 9.73 Å². The summed E-state index contributed by atoms with van der Waals surface area (Å²) in [4.78, 5) is 15.7. The number of hydrogen-bond acceptors (Lipinski definition) is 3. The van der Waals surface area contributed by atoms with Crippen molar-refractivity contribution in [1.82, 2.24) is 4.98 Å². The largest absolute Gasteiger partial charge is 0.436 e. The zero-order valence-electron chi connectivity index (χ0n) is 11.7. The molecule has 0 spiro atoms. The lowest BCUT2D eigenvalue weighted by atomic mass is 10.1. The molecule has 1 N–H and O–H groups in total. The van der Waals surface area contributed by atoms with E-state index in [2.05, 4.69) is 10.3 Å². The van der Waals surface area contributed by atoms with Gasteiger partial charge in [0, 0.05) is 16.3 Å². The van der Waals surface area contributed by atoms with Crippen molar-refractivity contribution in [1.29, 1.82) is 0 Å². The number of hydrogen-bond donors (Lipinski definition) is 1. The van der Waals surface area contributed by atoms with Crippen LogP contribution in [0.4, 0.5) is 5.69 Å². The summed E-state index contributed by atoms with van der Waals surface area (Å²) in [5, 5.41) is 3.34. The van der Waals surface area contributed by atoms with Crippen LogP contribution in [-0.2, 0) is 4.79 Å². The zero-order valence-corrected chi connectivity index (χ0v) is 13.2. The number of alkyl halides is 1. The Hall–Kier alpha value is -2.04. The maximum absolute atomic E-state index is 11.3. The van der Waals surface area contributed by atoms with Crippen LogP contribution >= 0.6 is 23.2 Å². The van der Waals surface area contributed by atoms with Crippen molar-refractivity contribution in [2.45, 2.75) is 6.92 Å². The van der Waals surface area contributed by atoms with E-state index < -0.39 is 0 Å². The number of fused-ring (bicyclic) bond motifs is 1. The number of nitrogens with zero attached hydrogens (tertiary/aromatic N) is 1. The number of benzene rings is 2. The van der Waals surface area contributed by atoms with Crippen LogP contribution in [0.1, 0.15) is 5.56 Å². The van der Waals surface area contributed by atoms with Gasteiger partial charge in [0.25, 0.3) is 0 Å². The lowest BCUT2D eigenvalue weighted by molar-refractivity contribution is -0.113. The van der Waals surface area contributed by atoms with Crippen molar-refractivity contribution in [3.05, 3.63) is 47.0 Å². The average Bonchev–Trinajstić information content (AvgIpc) is 2.93. The van der Waals surface area contributed by atoms with E-state index in [0.717, 1.165) is 11.1 Å². The number of nitrogens with one attached hydrogen (secondary N) is 1. The van der Waals surface area contributed by atoms with E-state index in [4.69, 9.17) is 27.6 Å². The number of aryl methyl sites for hydroxylation is 1. The molecule has 112 valence electrons. The highest BCUT2D eigenvalue weighted by molar-refractivity contribution is 6.31. The number of anilines is 1. The Morgan fingerprint density at radius 2 is 2.09 bits per heavy atom. The van der Waals surface area contributed by atoms with Gasteiger partial charge in [-0.05, 0) is 42.8 Å². The van der Waals surface area contributed by atoms with Crippen LogP contribution in [0.25, 0.3) is 22.6 Å². The van der Waals surface area contributed by atoms with Crippen LogP contribution in [-0.4, -0.2) is 16.8 Å². The highest BCUT2D eigenvalue weighted by Gasteiger charge is 2.10. The Labute approximate surface area is 137 Å². The van der Waals surface area contributed by atoms with Gasteiger partial charge in [-0.1, -0.05) is 17.7 Å². The minimum absolute atomic E-state index is 0.0933.